The lowest BCUT2D eigenvalue weighted by atomic mass is 10.1. The smallest absolute Gasteiger partial charge is 0.344 e. The molecule has 1 N–H and O–H groups in total. The van der Waals surface area contributed by atoms with Gasteiger partial charge in [-0.15, -0.1) is 0 Å². The molecule has 1 aliphatic rings. The van der Waals surface area contributed by atoms with Gasteiger partial charge in [-0.2, -0.15) is 0 Å². The molecule has 1 fully saturated rings. The number of ether oxygens (including phenoxy) is 2. The van der Waals surface area contributed by atoms with Gasteiger partial charge < -0.3 is 14.8 Å². The molecule has 0 saturated carbocycles. The van der Waals surface area contributed by atoms with Crippen LogP contribution in [0.2, 0.25) is 15.1 Å². The van der Waals surface area contributed by atoms with Crippen LogP contribution in [0.5, 0.6) is 5.75 Å². The third-order valence-electron chi connectivity index (χ3n) is 3.92. The second-order valence-corrected chi connectivity index (χ2v) is 7.27. The molecule has 3 amide bonds. The molecule has 1 saturated heterocycles. The summed E-state index contributed by atoms with van der Waals surface area (Å²) in [6, 6.07) is 8.73. The Labute approximate surface area is 187 Å². The third kappa shape index (κ3) is 4.87. The summed E-state index contributed by atoms with van der Waals surface area (Å²) in [6.45, 7) is 1.55. The van der Waals surface area contributed by atoms with Gasteiger partial charge in [0.25, 0.3) is 5.91 Å². The number of nitrogens with one attached hydrogen (secondary N) is 1. The van der Waals surface area contributed by atoms with E-state index >= 15 is 0 Å². The number of urea groups is 1. The average Bonchev–Trinajstić information content (AvgIpc) is 2.94. The van der Waals surface area contributed by atoms with Gasteiger partial charge in [0, 0.05) is 5.02 Å². The van der Waals surface area contributed by atoms with Gasteiger partial charge >= 0.3 is 12.0 Å². The van der Waals surface area contributed by atoms with Crippen LogP contribution in [0.25, 0.3) is 6.08 Å². The van der Waals surface area contributed by atoms with E-state index in [2.05, 4.69) is 5.32 Å². The minimum absolute atomic E-state index is 0.0345. The van der Waals surface area contributed by atoms with Crippen molar-refractivity contribution in [1.82, 2.24) is 5.32 Å². The third-order valence-corrected chi connectivity index (χ3v) is 4.71. The quantitative estimate of drug-likeness (QED) is 0.377. The number of carbonyl (C=O) groups excluding carboxylic acids is 3. The van der Waals surface area contributed by atoms with Crippen molar-refractivity contribution in [3.63, 3.8) is 0 Å². The van der Waals surface area contributed by atoms with Gasteiger partial charge in [0.2, 0.25) is 0 Å². The van der Waals surface area contributed by atoms with E-state index in [1.165, 1.54) is 24.3 Å². The Kier molecular flexibility index (Phi) is 6.87. The molecule has 0 unspecified atom stereocenters. The molecule has 2 aromatic rings. The molecule has 10 heteroatoms. The Morgan fingerprint density at radius 3 is 2.47 bits per heavy atom. The van der Waals surface area contributed by atoms with Crippen molar-refractivity contribution >= 4 is 64.5 Å². The standard InChI is InChI=1S/C20H15Cl3N2O5/c1-2-29-17(26)10-30-18-14(22)6-11(7-15(18)23)8-16-19(27)25(20(28)24-16)13-5-3-4-12(21)9-13/h3-9H,2,10H2,1H3,(H,24,28)/b16-8+. The summed E-state index contributed by atoms with van der Waals surface area (Å²) >= 11 is 18.3. The maximum absolute atomic E-state index is 12.7. The summed E-state index contributed by atoms with van der Waals surface area (Å²) in [5.41, 5.74) is 0.824. The SMILES string of the molecule is CCOC(=O)COc1c(Cl)cc(/C=C2/NC(=O)N(c3cccc(Cl)c3)C2=O)cc1Cl. The fourth-order valence-corrected chi connectivity index (χ4v) is 3.48. The Hall–Kier alpha value is -2.74. The molecule has 7 nitrogen and oxygen atoms in total. The molecule has 0 aromatic heterocycles. The second kappa shape index (κ2) is 9.38. The number of carbonyl (C=O) groups is 3. The van der Waals surface area contributed by atoms with Crippen LogP contribution in [0.15, 0.2) is 42.1 Å². The molecule has 0 aliphatic carbocycles. The molecule has 3 rings (SSSR count). The number of esters is 1. The fourth-order valence-electron chi connectivity index (χ4n) is 2.69. The van der Waals surface area contributed by atoms with Gasteiger partial charge in [0.05, 0.1) is 22.3 Å². The van der Waals surface area contributed by atoms with Crippen molar-refractivity contribution < 1.29 is 23.9 Å². The maximum atomic E-state index is 12.7. The highest BCUT2D eigenvalue weighted by Gasteiger charge is 2.35. The molecule has 0 bridgehead atoms. The highest BCUT2D eigenvalue weighted by molar-refractivity contribution is 6.37. The second-order valence-electron chi connectivity index (χ2n) is 6.02. The van der Waals surface area contributed by atoms with E-state index in [4.69, 9.17) is 44.3 Å². The lowest BCUT2D eigenvalue weighted by molar-refractivity contribution is -0.145. The molecule has 0 atom stereocenters. The Bertz CT molecular complexity index is 1030. The van der Waals surface area contributed by atoms with E-state index in [-0.39, 0.29) is 34.7 Å². The minimum Gasteiger partial charge on any atom is -0.479 e. The number of imide groups is 1. The lowest BCUT2D eigenvalue weighted by Gasteiger charge is -2.12. The number of benzene rings is 2. The van der Waals surface area contributed by atoms with Crippen LogP contribution in [-0.2, 0) is 14.3 Å². The molecular formula is C20H15Cl3N2O5. The average molecular weight is 470 g/mol. The molecular weight excluding hydrogens is 455 g/mol. The number of halogens is 3. The van der Waals surface area contributed by atoms with E-state index in [1.807, 2.05) is 0 Å². The van der Waals surface area contributed by atoms with E-state index in [0.717, 1.165) is 4.90 Å². The monoisotopic (exact) mass is 468 g/mol. The lowest BCUT2D eigenvalue weighted by Crippen LogP contribution is -2.30. The number of hydrogen-bond donors (Lipinski definition) is 1. The van der Waals surface area contributed by atoms with Gasteiger partial charge in [0.1, 0.15) is 5.70 Å². The topological polar surface area (TPSA) is 84.9 Å². The molecule has 1 heterocycles. The van der Waals surface area contributed by atoms with E-state index in [9.17, 15) is 14.4 Å². The largest absolute Gasteiger partial charge is 0.479 e. The first kappa shape index (κ1) is 22.0. The van der Waals surface area contributed by atoms with Crippen molar-refractivity contribution in [2.45, 2.75) is 6.92 Å². The van der Waals surface area contributed by atoms with Gasteiger partial charge in [-0.1, -0.05) is 40.9 Å². The number of anilines is 1. The van der Waals surface area contributed by atoms with Crippen LogP contribution in [-0.4, -0.2) is 31.1 Å². The van der Waals surface area contributed by atoms with Crippen LogP contribution in [0.3, 0.4) is 0 Å². The first-order valence-corrected chi connectivity index (χ1v) is 9.83. The zero-order valence-electron chi connectivity index (χ0n) is 15.6. The van der Waals surface area contributed by atoms with Crippen molar-refractivity contribution in [3.05, 3.63) is 62.7 Å². The Morgan fingerprint density at radius 2 is 1.83 bits per heavy atom. The van der Waals surface area contributed by atoms with Crippen molar-refractivity contribution in [3.8, 4) is 5.75 Å². The summed E-state index contributed by atoms with van der Waals surface area (Å²) in [5, 5.41) is 3.15. The van der Waals surface area contributed by atoms with Gasteiger partial charge in [0.15, 0.2) is 12.4 Å². The van der Waals surface area contributed by atoms with Crippen LogP contribution >= 0.6 is 34.8 Å². The van der Waals surface area contributed by atoms with Crippen LogP contribution in [0.4, 0.5) is 10.5 Å². The Morgan fingerprint density at radius 1 is 1.13 bits per heavy atom. The summed E-state index contributed by atoms with van der Waals surface area (Å²) in [5.74, 6) is -1.01. The van der Waals surface area contributed by atoms with Crippen LogP contribution < -0.4 is 15.0 Å². The zero-order chi connectivity index (χ0) is 21.8. The fraction of sp³-hybridized carbons (Fsp3) is 0.150. The predicted octanol–water partition coefficient (Wildman–Crippen LogP) is 4.69. The number of nitrogens with zero attached hydrogens (tertiary/aromatic N) is 1. The molecule has 30 heavy (non-hydrogen) atoms. The number of rotatable bonds is 6. The summed E-state index contributed by atoms with van der Waals surface area (Å²) in [6.07, 6.45) is 1.43. The van der Waals surface area contributed by atoms with E-state index < -0.39 is 17.9 Å². The molecule has 2 aromatic carbocycles. The molecule has 156 valence electrons. The summed E-state index contributed by atoms with van der Waals surface area (Å²) in [4.78, 5) is 37.4. The van der Waals surface area contributed by atoms with Crippen LogP contribution in [0, 0.1) is 0 Å². The van der Waals surface area contributed by atoms with E-state index in [0.29, 0.717) is 16.3 Å². The van der Waals surface area contributed by atoms with Crippen molar-refractivity contribution in [1.29, 1.82) is 0 Å². The molecule has 0 spiro atoms. The van der Waals surface area contributed by atoms with Gasteiger partial charge in [-0.3, -0.25) is 4.79 Å². The molecule has 0 radical (unpaired) electrons. The first-order chi connectivity index (χ1) is 14.3. The number of hydrogen-bond acceptors (Lipinski definition) is 5. The highest BCUT2D eigenvalue weighted by Crippen LogP contribution is 2.35. The predicted molar refractivity (Wildman–Crippen MR) is 114 cm³/mol. The zero-order valence-corrected chi connectivity index (χ0v) is 17.8. The maximum Gasteiger partial charge on any atom is 0.344 e. The minimum atomic E-state index is -0.611. The normalized spacial score (nSPS) is 14.8. The van der Waals surface area contributed by atoms with Crippen LogP contribution in [0.1, 0.15) is 12.5 Å². The van der Waals surface area contributed by atoms with Crippen molar-refractivity contribution in [2.24, 2.45) is 0 Å². The van der Waals surface area contributed by atoms with E-state index in [1.54, 1.807) is 25.1 Å². The van der Waals surface area contributed by atoms with Crippen molar-refractivity contribution in [2.75, 3.05) is 18.1 Å². The highest BCUT2D eigenvalue weighted by atomic mass is 35.5. The summed E-state index contributed by atoms with van der Waals surface area (Å²) in [7, 11) is 0. The van der Waals surface area contributed by atoms with Gasteiger partial charge in [-0.05, 0) is 48.9 Å². The summed E-state index contributed by atoms with van der Waals surface area (Å²) < 4.78 is 10.1. The molecule has 1 aliphatic heterocycles. The first-order valence-electron chi connectivity index (χ1n) is 8.70. The van der Waals surface area contributed by atoms with Gasteiger partial charge in [-0.25, -0.2) is 14.5 Å². The Balaban J connectivity index is 1.82. The number of amides is 3.